The molecule has 1 fully saturated rings. The van der Waals surface area contributed by atoms with Crippen LogP contribution in [0.5, 0.6) is 0 Å². The maximum Gasteiger partial charge on any atom is 0.331 e. The highest BCUT2D eigenvalue weighted by Crippen LogP contribution is 2.12. The fourth-order valence-electron chi connectivity index (χ4n) is 1.53. The van der Waals surface area contributed by atoms with Crippen LogP contribution in [-0.4, -0.2) is 42.9 Å². The quantitative estimate of drug-likeness (QED) is 0.680. The normalized spacial score (nSPS) is 24.0. The average molecular weight is 261 g/mol. The van der Waals surface area contributed by atoms with Gasteiger partial charge < -0.3 is 10.4 Å². The number of amides is 1. The summed E-state index contributed by atoms with van der Waals surface area (Å²) >= 11 is 0. The third-order valence-electron chi connectivity index (χ3n) is 2.79. The van der Waals surface area contributed by atoms with Crippen molar-refractivity contribution in [3.05, 3.63) is 11.1 Å². The fraction of sp³-hybridized carbons (Fsp3) is 0.600. The van der Waals surface area contributed by atoms with Crippen LogP contribution in [0, 0.1) is 0 Å². The number of carbonyl (C=O) groups is 2. The van der Waals surface area contributed by atoms with Crippen LogP contribution < -0.4 is 5.32 Å². The standard InChI is InChI=1S/C10H15NO5S/c1-6(7(2)10(13)14)9(12)11-8-3-4-17(15,16)5-8/h8H,3-5H2,1-2H3,(H,11,12)(H,13,14). The van der Waals surface area contributed by atoms with E-state index in [1.165, 1.54) is 13.8 Å². The van der Waals surface area contributed by atoms with Crippen molar-refractivity contribution < 1.29 is 23.1 Å². The molecular weight excluding hydrogens is 246 g/mol. The summed E-state index contributed by atoms with van der Waals surface area (Å²) in [6.45, 7) is 2.74. The Hall–Kier alpha value is -1.37. The van der Waals surface area contributed by atoms with Gasteiger partial charge in [-0.2, -0.15) is 0 Å². The second-order valence-corrected chi connectivity index (χ2v) is 6.36. The van der Waals surface area contributed by atoms with Crippen molar-refractivity contribution in [3.8, 4) is 0 Å². The van der Waals surface area contributed by atoms with E-state index in [1.807, 2.05) is 0 Å². The van der Waals surface area contributed by atoms with Crippen molar-refractivity contribution in [1.29, 1.82) is 0 Å². The van der Waals surface area contributed by atoms with Gasteiger partial charge in [0, 0.05) is 17.2 Å². The topological polar surface area (TPSA) is 101 Å². The molecule has 1 heterocycles. The third-order valence-corrected chi connectivity index (χ3v) is 4.56. The van der Waals surface area contributed by atoms with Crippen LogP contribution in [0.3, 0.4) is 0 Å². The molecule has 6 nitrogen and oxygen atoms in total. The first-order valence-corrected chi connectivity index (χ1v) is 6.97. The summed E-state index contributed by atoms with van der Waals surface area (Å²) in [5.41, 5.74) is 0.0603. The summed E-state index contributed by atoms with van der Waals surface area (Å²) in [4.78, 5) is 22.3. The monoisotopic (exact) mass is 261 g/mol. The molecule has 0 bridgehead atoms. The number of aliphatic carboxylic acids is 1. The molecule has 1 amide bonds. The lowest BCUT2D eigenvalue weighted by Crippen LogP contribution is -2.36. The van der Waals surface area contributed by atoms with E-state index in [0.717, 1.165) is 0 Å². The van der Waals surface area contributed by atoms with Crippen molar-refractivity contribution in [2.24, 2.45) is 0 Å². The first-order chi connectivity index (χ1) is 7.73. The van der Waals surface area contributed by atoms with Gasteiger partial charge in [0.2, 0.25) is 5.91 Å². The molecule has 1 rings (SSSR count). The molecule has 1 aliphatic heterocycles. The van der Waals surface area contributed by atoms with Gasteiger partial charge in [0.25, 0.3) is 0 Å². The van der Waals surface area contributed by atoms with Gasteiger partial charge in [0.15, 0.2) is 9.84 Å². The molecule has 1 unspecified atom stereocenters. The maximum atomic E-state index is 11.6. The van der Waals surface area contributed by atoms with Crippen molar-refractivity contribution in [2.75, 3.05) is 11.5 Å². The minimum atomic E-state index is -3.05. The largest absolute Gasteiger partial charge is 0.478 e. The molecule has 0 aliphatic carbocycles. The molecule has 96 valence electrons. The smallest absolute Gasteiger partial charge is 0.331 e. The molecule has 2 N–H and O–H groups in total. The van der Waals surface area contributed by atoms with E-state index in [9.17, 15) is 18.0 Å². The highest BCUT2D eigenvalue weighted by Gasteiger charge is 2.29. The number of carboxylic acids is 1. The molecule has 17 heavy (non-hydrogen) atoms. The molecule has 0 spiro atoms. The van der Waals surface area contributed by atoms with Crippen LogP contribution in [0.4, 0.5) is 0 Å². The molecule has 0 aromatic heterocycles. The van der Waals surface area contributed by atoms with Gasteiger partial charge in [0.1, 0.15) is 0 Å². The van der Waals surface area contributed by atoms with Crippen molar-refractivity contribution in [3.63, 3.8) is 0 Å². The molecule has 1 saturated heterocycles. The molecule has 1 atom stereocenters. The van der Waals surface area contributed by atoms with Gasteiger partial charge in [-0.05, 0) is 20.3 Å². The Labute approximate surface area is 99.6 Å². The van der Waals surface area contributed by atoms with Gasteiger partial charge in [-0.15, -0.1) is 0 Å². The highest BCUT2D eigenvalue weighted by atomic mass is 32.2. The Morgan fingerprint density at radius 2 is 1.82 bits per heavy atom. The van der Waals surface area contributed by atoms with Crippen LogP contribution in [0.15, 0.2) is 11.1 Å². The second-order valence-electron chi connectivity index (χ2n) is 4.13. The summed E-state index contributed by atoms with van der Waals surface area (Å²) in [5.74, 6) is -1.68. The van der Waals surface area contributed by atoms with Crippen LogP contribution in [-0.2, 0) is 19.4 Å². The Balaban J connectivity index is 2.69. The van der Waals surface area contributed by atoms with Gasteiger partial charge in [-0.3, -0.25) is 4.79 Å². The van der Waals surface area contributed by atoms with Gasteiger partial charge in [-0.25, -0.2) is 13.2 Å². The molecule has 0 radical (unpaired) electrons. The van der Waals surface area contributed by atoms with E-state index in [1.54, 1.807) is 0 Å². The van der Waals surface area contributed by atoms with E-state index in [2.05, 4.69) is 5.32 Å². The SMILES string of the molecule is CC(C(=O)O)=C(C)C(=O)NC1CCS(=O)(=O)C1. The van der Waals surface area contributed by atoms with E-state index in [-0.39, 0.29) is 22.7 Å². The lowest BCUT2D eigenvalue weighted by molar-refractivity contribution is -0.133. The summed E-state index contributed by atoms with van der Waals surface area (Å²) in [7, 11) is -3.05. The number of carbonyl (C=O) groups excluding carboxylic acids is 1. The Morgan fingerprint density at radius 1 is 1.24 bits per heavy atom. The third kappa shape index (κ3) is 3.55. The summed E-state index contributed by atoms with van der Waals surface area (Å²) < 4.78 is 22.4. The predicted molar refractivity (Wildman–Crippen MR) is 61.2 cm³/mol. The van der Waals surface area contributed by atoms with Crippen LogP contribution in [0.2, 0.25) is 0 Å². The number of nitrogens with one attached hydrogen (secondary N) is 1. The molecule has 0 aromatic carbocycles. The summed E-state index contributed by atoms with van der Waals surface area (Å²) in [6.07, 6.45) is 0.382. The minimum Gasteiger partial charge on any atom is -0.478 e. The Bertz CT molecular complexity index is 477. The van der Waals surface area contributed by atoms with Crippen molar-refractivity contribution in [2.45, 2.75) is 26.3 Å². The number of sulfone groups is 1. The summed E-state index contributed by atoms with van der Waals surface area (Å²) in [5, 5.41) is 11.2. The fourth-order valence-corrected chi connectivity index (χ4v) is 3.21. The molecule has 7 heteroatoms. The van der Waals surface area contributed by atoms with Crippen molar-refractivity contribution in [1.82, 2.24) is 5.32 Å². The minimum absolute atomic E-state index is 0.0386. The first kappa shape index (κ1) is 13.7. The van der Waals surface area contributed by atoms with Gasteiger partial charge >= 0.3 is 5.97 Å². The number of carboxylic acid groups (broad SMARTS) is 1. The second kappa shape index (κ2) is 4.87. The number of rotatable bonds is 3. The Kier molecular flexibility index (Phi) is 3.92. The lowest BCUT2D eigenvalue weighted by atomic mass is 10.1. The van der Waals surface area contributed by atoms with Gasteiger partial charge in [0.05, 0.1) is 11.5 Å². The van der Waals surface area contributed by atoms with Crippen LogP contribution in [0.25, 0.3) is 0 Å². The van der Waals surface area contributed by atoms with Crippen molar-refractivity contribution >= 4 is 21.7 Å². The van der Waals surface area contributed by atoms with Gasteiger partial charge in [-0.1, -0.05) is 0 Å². The van der Waals surface area contributed by atoms with Crippen LogP contribution >= 0.6 is 0 Å². The maximum absolute atomic E-state index is 11.6. The molecule has 0 aromatic rings. The summed E-state index contributed by atoms with van der Waals surface area (Å²) in [6, 6.07) is -0.413. The zero-order chi connectivity index (χ0) is 13.2. The average Bonchev–Trinajstić information content (AvgIpc) is 2.55. The van der Waals surface area contributed by atoms with E-state index >= 15 is 0 Å². The predicted octanol–water partition coefficient (Wildman–Crippen LogP) is -0.289. The van der Waals surface area contributed by atoms with E-state index in [0.29, 0.717) is 6.42 Å². The number of hydrogen-bond donors (Lipinski definition) is 2. The van der Waals surface area contributed by atoms with E-state index < -0.39 is 27.8 Å². The zero-order valence-electron chi connectivity index (χ0n) is 9.69. The lowest BCUT2D eigenvalue weighted by Gasteiger charge is -2.11. The molecule has 0 saturated carbocycles. The molecular formula is C10H15NO5S. The first-order valence-electron chi connectivity index (χ1n) is 5.15. The van der Waals surface area contributed by atoms with Crippen LogP contribution in [0.1, 0.15) is 20.3 Å². The number of hydrogen-bond acceptors (Lipinski definition) is 4. The Morgan fingerprint density at radius 3 is 2.24 bits per heavy atom. The zero-order valence-corrected chi connectivity index (χ0v) is 10.5. The van der Waals surface area contributed by atoms with E-state index in [4.69, 9.17) is 5.11 Å². The molecule has 1 aliphatic rings. The highest BCUT2D eigenvalue weighted by molar-refractivity contribution is 7.91.